The summed E-state index contributed by atoms with van der Waals surface area (Å²) in [5.74, 6) is -1.58. The first-order valence-corrected chi connectivity index (χ1v) is 12.0. The molecule has 2 aliphatic rings. The van der Waals surface area contributed by atoms with Crippen LogP contribution in [0.5, 0.6) is 0 Å². The van der Waals surface area contributed by atoms with Crippen LogP contribution in [-0.2, 0) is 14.3 Å². The summed E-state index contributed by atoms with van der Waals surface area (Å²) in [4.78, 5) is 38.7. The molecule has 7 heteroatoms. The Morgan fingerprint density at radius 1 is 1.09 bits per heavy atom. The van der Waals surface area contributed by atoms with Crippen molar-refractivity contribution in [3.05, 3.63) is 59.7 Å². The fraction of sp³-hybridized carbons (Fsp3) is 0.444. The zero-order valence-corrected chi connectivity index (χ0v) is 19.7. The summed E-state index contributed by atoms with van der Waals surface area (Å²) in [6.45, 7) is 4.45. The fourth-order valence-corrected chi connectivity index (χ4v) is 5.26. The number of hydrogen-bond acceptors (Lipinski definition) is 4. The highest BCUT2D eigenvalue weighted by Crippen LogP contribution is 2.44. The van der Waals surface area contributed by atoms with Gasteiger partial charge in [-0.3, -0.25) is 9.59 Å². The predicted molar refractivity (Wildman–Crippen MR) is 128 cm³/mol. The number of carboxylic acids is 1. The van der Waals surface area contributed by atoms with Crippen molar-refractivity contribution in [3.8, 4) is 11.1 Å². The van der Waals surface area contributed by atoms with E-state index in [0.717, 1.165) is 11.1 Å². The molecule has 7 nitrogen and oxygen atoms in total. The first-order valence-electron chi connectivity index (χ1n) is 12.0. The second kappa shape index (κ2) is 10.3. The van der Waals surface area contributed by atoms with Crippen LogP contribution in [0.15, 0.2) is 48.5 Å². The van der Waals surface area contributed by atoms with Crippen molar-refractivity contribution >= 4 is 18.0 Å². The van der Waals surface area contributed by atoms with Crippen molar-refractivity contribution in [1.29, 1.82) is 0 Å². The van der Waals surface area contributed by atoms with E-state index in [-0.39, 0.29) is 36.9 Å². The molecule has 3 atom stereocenters. The van der Waals surface area contributed by atoms with Crippen LogP contribution in [0.25, 0.3) is 11.1 Å². The number of carbonyl (C=O) groups is 3. The molecule has 2 amide bonds. The Morgan fingerprint density at radius 3 is 2.29 bits per heavy atom. The predicted octanol–water partition coefficient (Wildman–Crippen LogP) is 4.41. The van der Waals surface area contributed by atoms with Crippen molar-refractivity contribution < 1.29 is 24.2 Å². The molecule has 1 heterocycles. The van der Waals surface area contributed by atoms with Gasteiger partial charge in [0, 0.05) is 31.0 Å². The Labute approximate surface area is 200 Å². The van der Waals surface area contributed by atoms with Crippen LogP contribution in [0.3, 0.4) is 0 Å². The molecular formula is C27H32N2O5. The van der Waals surface area contributed by atoms with Gasteiger partial charge in [-0.1, -0.05) is 55.5 Å². The molecule has 1 saturated heterocycles. The highest BCUT2D eigenvalue weighted by Gasteiger charge is 2.36. The van der Waals surface area contributed by atoms with E-state index in [0.29, 0.717) is 25.8 Å². The smallest absolute Gasteiger partial charge is 0.407 e. The number of amides is 2. The lowest BCUT2D eigenvalue weighted by Crippen LogP contribution is -2.50. The molecule has 34 heavy (non-hydrogen) atoms. The van der Waals surface area contributed by atoms with E-state index >= 15 is 0 Å². The minimum atomic E-state index is -0.867. The van der Waals surface area contributed by atoms with Gasteiger partial charge in [0.15, 0.2) is 0 Å². The number of nitrogens with zero attached hydrogens (tertiary/aromatic N) is 1. The summed E-state index contributed by atoms with van der Waals surface area (Å²) in [7, 11) is 0. The van der Waals surface area contributed by atoms with Crippen LogP contribution < -0.4 is 5.32 Å². The van der Waals surface area contributed by atoms with Crippen molar-refractivity contribution in [2.75, 3.05) is 13.2 Å². The third-order valence-electron chi connectivity index (χ3n) is 7.21. The zero-order chi connectivity index (χ0) is 24.2. The van der Waals surface area contributed by atoms with E-state index < -0.39 is 18.0 Å². The standard InChI is InChI=1S/C27H32N2O5/c1-3-18(15-25(30)29-14-8-13-19(17(29)2)26(31)32)28-27(33)34-16-24-22-11-6-4-9-20(22)21-10-5-7-12-23(21)24/h4-7,9-12,17-19,24H,3,8,13-16H2,1-2H3,(H,28,33)(H,31,32). The van der Waals surface area contributed by atoms with E-state index in [9.17, 15) is 19.5 Å². The third kappa shape index (κ3) is 4.79. The van der Waals surface area contributed by atoms with Gasteiger partial charge >= 0.3 is 12.1 Å². The van der Waals surface area contributed by atoms with Gasteiger partial charge in [-0.05, 0) is 48.4 Å². The quantitative estimate of drug-likeness (QED) is 0.633. The maximum atomic E-state index is 12.9. The number of hydrogen-bond donors (Lipinski definition) is 2. The molecule has 3 unspecified atom stereocenters. The van der Waals surface area contributed by atoms with E-state index in [4.69, 9.17) is 4.74 Å². The molecule has 180 valence electrons. The molecule has 1 aliphatic carbocycles. The van der Waals surface area contributed by atoms with Crippen molar-refractivity contribution in [3.63, 3.8) is 0 Å². The average molecular weight is 465 g/mol. The minimum absolute atomic E-state index is 0.0259. The number of fused-ring (bicyclic) bond motifs is 3. The summed E-state index contributed by atoms with van der Waals surface area (Å²) in [6.07, 6.45) is 1.40. The molecule has 2 aromatic carbocycles. The average Bonchev–Trinajstić information content (AvgIpc) is 3.16. The minimum Gasteiger partial charge on any atom is -0.481 e. The van der Waals surface area contributed by atoms with Crippen molar-refractivity contribution in [2.45, 2.75) is 57.5 Å². The SMILES string of the molecule is CCC(CC(=O)N1CCCC(C(=O)O)C1C)NC(=O)OCC1c2ccccc2-c2ccccc21. The summed E-state index contributed by atoms with van der Waals surface area (Å²) in [5, 5.41) is 12.2. The summed E-state index contributed by atoms with van der Waals surface area (Å²) >= 11 is 0. The number of carbonyl (C=O) groups excluding carboxylic acids is 2. The van der Waals surface area contributed by atoms with Gasteiger partial charge in [0.2, 0.25) is 5.91 Å². The van der Waals surface area contributed by atoms with Gasteiger partial charge < -0.3 is 20.1 Å². The maximum absolute atomic E-state index is 12.9. The molecule has 0 aromatic heterocycles. The van der Waals surface area contributed by atoms with E-state index in [1.807, 2.05) is 31.2 Å². The van der Waals surface area contributed by atoms with Gasteiger partial charge in [0.05, 0.1) is 5.92 Å². The third-order valence-corrected chi connectivity index (χ3v) is 7.21. The normalized spacial score (nSPS) is 20.2. The molecule has 1 aliphatic heterocycles. The number of likely N-dealkylation sites (tertiary alicyclic amines) is 1. The van der Waals surface area contributed by atoms with E-state index in [1.165, 1.54) is 11.1 Å². The molecule has 0 bridgehead atoms. The Hall–Kier alpha value is -3.35. The molecule has 1 fully saturated rings. The van der Waals surface area contributed by atoms with Crippen molar-refractivity contribution in [1.82, 2.24) is 10.2 Å². The second-order valence-electron chi connectivity index (χ2n) is 9.19. The van der Waals surface area contributed by atoms with Gasteiger partial charge in [0.25, 0.3) is 0 Å². The fourth-order valence-electron chi connectivity index (χ4n) is 5.26. The van der Waals surface area contributed by atoms with E-state index in [2.05, 4.69) is 29.6 Å². The Kier molecular flexibility index (Phi) is 7.20. The monoisotopic (exact) mass is 464 g/mol. The maximum Gasteiger partial charge on any atom is 0.407 e. The number of piperidine rings is 1. The van der Waals surface area contributed by atoms with Crippen LogP contribution in [-0.4, -0.2) is 53.2 Å². The first kappa shape index (κ1) is 23.8. The summed E-state index contributed by atoms with van der Waals surface area (Å²) in [6, 6.07) is 15.6. The van der Waals surface area contributed by atoms with Crippen LogP contribution >= 0.6 is 0 Å². The van der Waals surface area contributed by atoms with Gasteiger partial charge in [-0.15, -0.1) is 0 Å². The van der Waals surface area contributed by atoms with Crippen molar-refractivity contribution in [2.24, 2.45) is 5.92 Å². The lowest BCUT2D eigenvalue weighted by Gasteiger charge is -2.38. The van der Waals surface area contributed by atoms with Gasteiger partial charge in [-0.2, -0.15) is 0 Å². The number of carboxylic acid groups (broad SMARTS) is 1. The highest BCUT2D eigenvalue weighted by molar-refractivity contribution is 5.80. The number of nitrogens with one attached hydrogen (secondary N) is 1. The highest BCUT2D eigenvalue weighted by atomic mass is 16.5. The van der Waals surface area contributed by atoms with Crippen LogP contribution in [0.2, 0.25) is 0 Å². The lowest BCUT2D eigenvalue weighted by atomic mass is 9.90. The van der Waals surface area contributed by atoms with Gasteiger partial charge in [-0.25, -0.2) is 4.79 Å². The molecule has 0 spiro atoms. The topological polar surface area (TPSA) is 95.9 Å². The first-order chi connectivity index (χ1) is 16.4. The second-order valence-corrected chi connectivity index (χ2v) is 9.19. The zero-order valence-electron chi connectivity index (χ0n) is 19.7. The number of alkyl carbamates (subject to hydrolysis) is 1. The number of aliphatic carboxylic acids is 1. The number of rotatable bonds is 7. The lowest BCUT2D eigenvalue weighted by molar-refractivity contribution is -0.149. The Balaban J connectivity index is 1.34. The van der Waals surface area contributed by atoms with E-state index in [1.54, 1.807) is 11.8 Å². The Morgan fingerprint density at radius 2 is 1.71 bits per heavy atom. The van der Waals surface area contributed by atoms with Crippen LogP contribution in [0.4, 0.5) is 4.79 Å². The molecule has 0 saturated carbocycles. The van der Waals surface area contributed by atoms with Gasteiger partial charge in [0.1, 0.15) is 6.61 Å². The molecule has 2 aromatic rings. The number of ether oxygens (including phenoxy) is 1. The number of benzene rings is 2. The van der Waals surface area contributed by atoms with Crippen LogP contribution in [0.1, 0.15) is 56.6 Å². The molecular weight excluding hydrogens is 432 g/mol. The molecule has 0 radical (unpaired) electrons. The summed E-state index contributed by atoms with van der Waals surface area (Å²) in [5.41, 5.74) is 4.62. The van der Waals surface area contributed by atoms with Crippen LogP contribution in [0, 0.1) is 5.92 Å². The largest absolute Gasteiger partial charge is 0.481 e. The molecule has 2 N–H and O–H groups in total. The Bertz CT molecular complexity index is 1020. The molecule has 4 rings (SSSR count). The summed E-state index contributed by atoms with van der Waals surface area (Å²) < 4.78 is 5.62.